The molecule has 0 bridgehead atoms. The minimum atomic E-state index is -1.19. The highest BCUT2D eigenvalue weighted by atomic mass is 16.5. The second-order valence-corrected chi connectivity index (χ2v) is 5.47. The van der Waals surface area contributed by atoms with E-state index in [0.29, 0.717) is 6.42 Å². The van der Waals surface area contributed by atoms with Crippen LogP contribution < -0.4 is 10.1 Å². The second kappa shape index (κ2) is 5.80. The van der Waals surface area contributed by atoms with Crippen LogP contribution in [0.3, 0.4) is 0 Å². The highest BCUT2D eigenvalue weighted by molar-refractivity contribution is 6.23. The lowest BCUT2D eigenvalue weighted by Crippen LogP contribution is -2.48. The van der Waals surface area contributed by atoms with Crippen LogP contribution >= 0.6 is 0 Å². The predicted octanol–water partition coefficient (Wildman–Crippen LogP) is 0.538. The van der Waals surface area contributed by atoms with Crippen molar-refractivity contribution in [1.29, 1.82) is 0 Å². The van der Waals surface area contributed by atoms with Crippen molar-refractivity contribution in [1.82, 2.24) is 10.2 Å². The number of ether oxygens (including phenoxy) is 1. The molecular weight excluding hydrogens is 316 g/mol. The van der Waals surface area contributed by atoms with Crippen LogP contribution in [0.2, 0.25) is 0 Å². The first-order valence-corrected chi connectivity index (χ1v) is 7.24. The van der Waals surface area contributed by atoms with Gasteiger partial charge in [-0.1, -0.05) is 12.6 Å². The molecule has 0 aliphatic carbocycles. The van der Waals surface area contributed by atoms with E-state index in [1.807, 2.05) is 0 Å². The number of piperidine rings is 1. The fourth-order valence-corrected chi connectivity index (χ4v) is 2.87. The molecule has 8 heteroatoms. The number of benzene rings is 1. The van der Waals surface area contributed by atoms with Crippen molar-refractivity contribution < 1.29 is 29.0 Å². The molecule has 1 atom stereocenters. The molecule has 0 saturated carbocycles. The topological polar surface area (TPSA) is 113 Å². The Bertz CT molecular complexity index is 785. The van der Waals surface area contributed by atoms with Gasteiger partial charge in [-0.2, -0.15) is 0 Å². The molecule has 3 amide bonds. The minimum Gasteiger partial charge on any atom is -0.481 e. The fourth-order valence-electron chi connectivity index (χ4n) is 2.87. The number of carbonyl (C=O) groups is 4. The first-order chi connectivity index (χ1) is 11.4. The molecule has 0 aromatic heterocycles. The van der Waals surface area contributed by atoms with Crippen molar-refractivity contribution in [3.05, 3.63) is 41.6 Å². The Hall–Kier alpha value is -3.16. The van der Waals surface area contributed by atoms with E-state index < -0.39 is 30.4 Å². The number of amides is 3. The van der Waals surface area contributed by atoms with Crippen molar-refractivity contribution in [3.8, 4) is 5.75 Å². The first kappa shape index (κ1) is 15.7. The normalized spacial score (nSPS) is 20.0. The van der Waals surface area contributed by atoms with Crippen LogP contribution in [-0.4, -0.2) is 46.3 Å². The molecule has 2 heterocycles. The Morgan fingerprint density at radius 1 is 1.33 bits per heavy atom. The summed E-state index contributed by atoms with van der Waals surface area (Å²) in [5.74, 6) is -2.46. The lowest BCUT2D eigenvalue weighted by molar-refractivity contribution is -0.139. The van der Waals surface area contributed by atoms with Gasteiger partial charge in [0.15, 0.2) is 6.61 Å². The number of hydrogen-bond donors (Lipinski definition) is 2. The smallest absolute Gasteiger partial charge is 0.341 e. The molecule has 1 aromatic carbocycles. The minimum absolute atomic E-state index is 0.0356. The molecule has 1 aromatic rings. The van der Waals surface area contributed by atoms with E-state index in [0.717, 1.165) is 4.90 Å². The highest BCUT2D eigenvalue weighted by Crippen LogP contribution is 2.34. The van der Waals surface area contributed by atoms with Crippen LogP contribution in [-0.2, 0) is 9.59 Å². The van der Waals surface area contributed by atoms with Gasteiger partial charge in [-0.15, -0.1) is 0 Å². The van der Waals surface area contributed by atoms with Crippen LogP contribution in [0.25, 0.3) is 0 Å². The Morgan fingerprint density at radius 3 is 2.75 bits per heavy atom. The van der Waals surface area contributed by atoms with E-state index in [2.05, 4.69) is 11.9 Å². The van der Waals surface area contributed by atoms with E-state index in [1.54, 1.807) is 0 Å². The number of rotatable bonds is 4. The van der Waals surface area contributed by atoms with Gasteiger partial charge in [0.1, 0.15) is 5.75 Å². The summed E-state index contributed by atoms with van der Waals surface area (Å²) in [7, 11) is 0. The third-order valence-electron chi connectivity index (χ3n) is 3.92. The quantitative estimate of drug-likeness (QED) is 0.779. The Balaban J connectivity index is 1.94. The van der Waals surface area contributed by atoms with Crippen molar-refractivity contribution in [2.45, 2.75) is 18.9 Å². The van der Waals surface area contributed by atoms with Gasteiger partial charge < -0.3 is 15.2 Å². The van der Waals surface area contributed by atoms with Gasteiger partial charge in [-0.25, -0.2) is 4.79 Å². The molecule has 2 aliphatic rings. The first-order valence-electron chi connectivity index (χ1n) is 7.24. The van der Waals surface area contributed by atoms with Crippen molar-refractivity contribution in [3.63, 3.8) is 0 Å². The SMILES string of the molecule is C=C1NC(=O)CCC1N1C(=O)c2cccc(OCC(=O)O)c2C1=O. The Labute approximate surface area is 136 Å². The summed E-state index contributed by atoms with van der Waals surface area (Å²) >= 11 is 0. The predicted molar refractivity (Wildman–Crippen MR) is 80.4 cm³/mol. The van der Waals surface area contributed by atoms with Crippen molar-refractivity contribution in [2.75, 3.05) is 6.61 Å². The average Bonchev–Trinajstić information content (AvgIpc) is 2.78. The molecule has 124 valence electrons. The molecule has 2 N–H and O–H groups in total. The van der Waals surface area contributed by atoms with Crippen LogP contribution in [0.4, 0.5) is 0 Å². The number of imide groups is 1. The lowest BCUT2D eigenvalue weighted by Gasteiger charge is -2.31. The van der Waals surface area contributed by atoms with Gasteiger partial charge in [0.25, 0.3) is 11.8 Å². The molecule has 0 radical (unpaired) electrons. The molecule has 2 aliphatic heterocycles. The maximum Gasteiger partial charge on any atom is 0.341 e. The van der Waals surface area contributed by atoms with Gasteiger partial charge in [-0.05, 0) is 18.6 Å². The standard InChI is InChI=1S/C16H14N2O6/c1-8-10(5-6-12(19)17-8)18-15(22)9-3-2-4-11(14(9)16(18)23)24-7-13(20)21/h2-4,10H,1,5-7H2,(H,17,19)(H,20,21). The molecular formula is C16H14N2O6. The van der Waals surface area contributed by atoms with E-state index in [-0.39, 0.29) is 34.9 Å². The Morgan fingerprint density at radius 2 is 2.08 bits per heavy atom. The van der Waals surface area contributed by atoms with Crippen LogP contribution in [0.1, 0.15) is 33.6 Å². The summed E-state index contributed by atoms with van der Waals surface area (Å²) in [5.41, 5.74) is 0.467. The van der Waals surface area contributed by atoms with Gasteiger partial charge in [0.2, 0.25) is 5.91 Å². The number of aliphatic carboxylic acids is 1. The van der Waals surface area contributed by atoms with Crippen LogP contribution in [0.15, 0.2) is 30.5 Å². The number of carbonyl (C=O) groups excluding carboxylic acids is 3. The third kappa shape index (κ3) is 2.51. The van der Waals surface area contributed by atoms with Crippen LogP contribution in [0.5, 0.6) is 5.75 Å². The number of hydrogen-bond acceptors (Lipinski definition) is 5. The number of carboxylic acid groups (broad SMARTS) is 1. The molecule has 1 saturated heterocycles. The summed E-state index contributed by atoms with van der Waals surface area (Å²) in [6, 6.07) is 3.80. The van der Waals surface area contributed by atoms with E-state index in [1.165, 1.54) is 18.2 Å². The molecule has 1 fully saturated rings. The summed E-state index contributed by atoms with van der Waals surface area (Å²) < 4.78 is 5.12. The van der Waals surface area contributed by atoms with Crippen molar-refractivity contribution in [2.24, 2.45) is 0 Å². The molecule has 24 heavy (non-hydrogen) atoms. The van der Waals surface area contributed by atoms with Gasteiger partial charge >= 0.3 is 5.97 Å². The summed E-state index contributed by atoms with van der Waals surface area (Å²) in [6.07, 6.45) is 0.473. The van der Waals surface area contributed by atoms with E-state index >= 15 is 0 Å². The van der Waals surface area contributed by atoms with Gasteiger partial charge in [0, 0.05) is 12.1 Å². The maximum atomic E-state index is 12.7. The number of carboxylic acids is 1. The summed E-state index contributed by atoms with van der Waals surface area (Å²) in [5, 5.41) is 11.3. The number of nitrogens with zero attached hydrogens (tertiary/aromatic N) is 1. The third-order valence-corrected chi connectivity index (χ3v) is 3.92. The number of fused-ring (bicyclic) bond motifs is 1. The fraction of sp³-hybridized carbons (Fsp3) is 0.250. The largest absolute Gasteiger partial charge is 0.481 e. The van der Waals surface area contributed by atoms with Gasteiger partial charge in [0.05, 0.1) is 17.2 Å². The van der Waals surface area contributed by atoms with E-state index in [4.69, 9.17) is 9.84 Å². The zero-order chi connectivity index (χ0) is 17.4. The molecule has 0 spiro atoms. The summed E-state index contributed by atoms with van der Waals surface area (Å²) in [4.78, 5) is 48.4. The Kier molecular flexibility index (Phi) is 3.80. The zero-order valence-electron chi connectivity index (χ0n) is 12.6. The highest BCUT2D eigenvalue weighted by Gasteiger charge is 2.44. The summed E-state index contributed by atoms with van der Waals surface area (Å²) in [6.45, 7) is 3.10. The molecule has 8 nitrogen and oxygen atoms in total. The maximum absolute atomic E-state index is 12.7. The van der Waals surface area contributed by atoms with Gasteiger partial charge in [-0.3, -0.25) is 19.3 Å². The van der Waals surface area contributed by atoms with Crippen molar-refractivity contribution >= 4 is 23.7 Å². The van der Waals surface area contributed by atoms with Crippen LogP contribution in [0, 0.1) is 0 Å². The lowest BCUT2D eigenvalue weighted by atomic mass is 10.0. The van der Waals surface area contributed by atoms with E-state index in [9.17, 15) is 19.2 Å². The monoisotopic (exact) mass is 330 g/mol. The molecule has 1 unspecified atom stereocenters. The number of nitrogens with one attached hydrogen (secondary N) is 1. The second-order valence-electron chi connectivity index (χ2n) is 5.47. The average molecular weight is 330 g/mol. The zero-order valence-corrected chi connectivity index (χ0v) is 12.6. The molecule has 3 rings (SSSR count).